The Morgan fingerprint density at radius 2 is 1.70 bits per heavy atom. The first-order chi connectivity index (χ1) is 14.5. The van der Waals surface area contributed by atoms with Crippen LogP contribution in [-0.4, -0.2) is 42.2 Å². The van der Waals surface area contributed by atoms with Crippen molar-refractivity contribution < 1.29 is 18.7 Å². The zero-order valence-electron chi connectivity index (χ0n) is 16.9. The van der Waals surface area contributed by atoms with Crippen LogP contribution >= 0.6 is 0 Å². The number of para-hydroxylation sites is 1. The molecule has 2 fully saturated rings. The van der Waals surface area contributed by atoms with Crippen LogP contribution in [0.1, 0.15) is 47.9 Å². The number of piperidine rings is 1. The lowest BCUT2D eigenvalue weighted by Crippen LogP contribution is -2.46. The Morgan fingerprint density at radius 1 is 1.00 bits per heavy atom. The number of hydrogen-bond acceptors (Lipinski definition) is 3. The molecule has 0 radical (unpaired) electrons. The number of carboxylic acid groups (broad SMARTS) is 1. The van der Waals surface area contributed by atoms with Gasteiger partial charge in [-0.15, -0.1) is 0 Å². The maximum atomic E-state index is 14.0. The quantitative estimate of drug-likeness (QED) is 0.811. The van der Waals surface area contributed by atoms with Crippen LogP contribution < -0.4 is 4.90 Å². The number of carboxylic acids is 1. The maximum absolute atomic E-state index is 14.0. The molecule has 0 saturated carbocycles. The van der Waals surface area contributed by atoms with Gasteiger partial charge in [-0.1, -0.05) is 24.3 Å². The van der Waals surface area contributed by atoms with Crippen LogP contribution in [0.5, 0.6) is 0 Å². The summed E-state index contributed by atoms with van der Waals surface area (Å²) in [6.07, 6.45) is 3.56. The first-order valence-corrected chi connectivity index (χ1v) is 10.8. The Balaban J connectivity index is 1.25. The van der Waals surface area contributed by atoms with E-state index in [1.165, 1.54) is 34.9 Å². The molecular weight excluding hydrogens is 386 g/mol. The third kappa shape index (κ3) is 3.37. The lowest BCUT2D eigenvalue weighted by Gasteiger charge is -2.41. The fraction of sp³-hybridized carbons (Fsp3) is 0.458. The molecule has 0 spiro atoms. The molecule has 1 N–H and O–H groups in total. The van der Waals surface area contributed by atoms with Crippen molar-refractivity contribution in [3.05, 3.63) is 64.7 Å². The Bertz CT molecular complexity index is 945. The first kappa shape index (κ1) is 19.5. The molecule has 6 heteroatoms. The summed E-state index contributed by atoms with van der Waals surface area (Å²) in [6.45, 7) is 2.94. The van der Waals surface area contributed by atoms with E-state index < -0.39 is 17.6 Å². The van der Waals surface area contributed by atoms with Gasteiger partial charge in [-0.2, -0.15) is 0 Å². The van der Waals surface area contributed by atoms with Crippen LogP contribution in [-0.2, 0) is 11.2 Å². The highest BCUT2D eigenvalue weighted by atomic mass is 19.1. The smallest absolute Gasteiger partial charge is 0.306 e. The normalized spacial score (nSPS) is 22.7. The number of nitrogens with zero attached hydrogens (tertiary/aromatic N) is 2. The van der Waals surface area contributed by atoms with Crippen molar-refractivity contribution in [2.24, 2.45) is 5.92 Å². The van der Waals surface area contributed by atoms with E-state index in [-0.39, 0.29) is 11.6 Å². The Hall–Kier alpha value is -2.47. The van der Waals surface area contributed by atoms with Gasteiger partial charge in [0.25, 0.3) is 0 Å². The summed E-state index contributed by atoms with van der Waals surface area (Å²) in [5.74, 6) is -1.59. The molecule has 1 unspecified atom stereocenters. The van der Waals surface area contributed by atoms with Gasteiger partial charge in [-0.3, -0.25) is 9.69 Å². The zero-order chi connectivity index (χ0) is 20.8. The number of rotatable bonds is 4. The van der Waals surface area contributed by atoms with Gasteiger partial charge >= 0.3 is 5.97 Å². The van der Waals surface area contributed by atoms with Gasteiger partial charge in [0.2, 0.25) is 0 Å². The van der Waals surface area contributed by atoms with Crippen molar-refractivity contribution in [3.8, 4) is 0 Å². The van der Waals surface area contributed by atoms with E-state index in [0.717, 1.165) is 38.8 Å². The summed E-state index contributed by atoms with van der Waals surface area (Å²) < 4.78 is 28.0. The summed E-state index contributed by atoms with van der Waals surface area (Å²) in [4.78, 5) is 15.4. The SMILES string of the molecule is O=C(O)C1CCN(C2CCc3cc(C4CN(c5c(F)cccc5F)C4)ccc32)CC1. The van der Waals surface area contributed by atoms with E-state index in [1.807, 2.05) is 0 Å². The van der Waals surface area contributed by atoms with Crippen molar-refractivity contribution >= 4 is 11.7 Å². The number of aryl methyl sites for hydroxylation is 1. The minimum absolute atomic E-state index is 0.0831. The summed E-state index contributed by atoms with van der Waals surface area (Å²) in [5.41, 5.74) is 4.06. The van der Waals surface area contributed by atoms with E-state index in [2.05, 4.69) is 23.1 Å². The van der Waals surface area contributed by atoms with Gasteiger partial charge in [0.05, 0.1) is 5.92 Å². The average Bonchev–Trinajstić information content (AvgIpc) is 3.12. The fourth-order valence-electron chi connectivity index (χ4n) is 5.37. The monoisotopic (exact) mass is 412 g/mol. The third-order valence-electron chi connectivity index (χ3n) is 7.14. The van der Waals surface area contributed by atoms with Gasteiger partial charge in [0.15, 0.2) is 0 Å². The number of carbonyl (C=O) groups is 1. The van der Waals surface area contributed by atoms with Crippen LogP contribution in [0.25, 0.3) is 0 Å². The van der Waals surface area contributed by atoms with Gasteiger partial charge in [0, 0.05) is 25.0 Å². The van der Waals surface area contributed by atoms with Crippen molar-refractivity contribution in [3.63, 3.8) is 0 Å². The van der Waals surface area contributed by atoms with Crippen LogP contribution in [0.2, 0.25) is 0 Å². The van der Waals surface area contributed by atoms with Gasteiger partial charge in [-0.25, -0.2) is 8.78 Å². The molecule has 2 aromatic carbocycles. The number of anilines is 1. The topological polar surface area (TPSA) is 43.8 Å². The highest BCUT2D eigenvalue weighted by Gasteiger charge is 2.35. The standard InChI is InChI=1S/C24H26F2N2O2/c25-20-2-1-3-21(26)23(20)28-13-18(14-28)16-4-6-19-17(12-16)5-7-22(19)27-10-8-15(9-11-27)24(29)30/h1-4,6,12,15,18,22H,5,7-11,13-14H2,(H,29,30). The van der Waals surface area contributed by atoms with Crippen molar-refractivity contribution in [1.82, 2.24) is 4.90 Å². The van der Waals surface area contributed by atoms with Gasteiger partial charge in [0.1, 0.15) is 17.3 Å². The van der Waals surface area contributed by atoms with E-state index in [1.54, 1.807) is 4.90 Å². The highest BCUT2D eigenvalue weighted by Crippen LogP contribution is 2.41. The number of fused-ring (bicyclic) bond motifs is 1. The zero-order valence-corrected chi connectivity index (χ0v) is 16.9. The molecular formula is C24H26F2N2O2. The first-order valence-electron chi connectivity index (χ1n) is 10.8. The molecule has 2 heterocycles. The number of hydrogen-bond donors (Lipinski definition) is 1. The molecule has 0 amide bonds. The number of likely N-dealkylation sites (tertiary alicyclic amines) is 1. The van der Waals surface area contributed by atoms with E-state index in [4.69, 9.17) is 0 Å². The van der Waals surface area contributed by atoms with Gasteiger partial charge in [-0.05, 0) is 67.6 Å². The molecule has 3 aliphatic rings. The summed E-state index contributed by atoms with van der Waals surface area (Å²) in [6, 6.07) is 11.1. The second kappa shape index (κ2) is 7.65. The third-order valence-corrected chi connectivity index (χ3v) is 7.14. The molecule has 0 bridgehead atoms. The highest BCUT2D eigenvalue weighted by molar-refractivity contribution is 5.70. The van der Waals surface area contributed by atoms with E-state index in [9.17, 15) is 18.7 Å². The summed E-state index contributed by atoms with van der Waals surface area (Å²) in [7, 11) is 0. The van der Waals surface area contributed by atoms with Crippen LogP contribution in [0.3, 0.4) is 0 Å². The Labute approximate surface area is 175 Å². The second-order valence-corrected chi connectivity index (χ2v) is 8.83. The molecule has 2 saturated heterocycles. The van der Waals surface area contributed by atoms with E-state index >= 15 is 0 Å². The molecule has 2 aromatic rings. The number of halogens is 2. The molecule has 2 aliphatic heterocycles. The molecule has 4 nitrogen and oxygen atoms in total. The maximum Gasteiger partial charge on any atom is 0.306 e. The van der Waals surface area contributed by atoms with Crippen molar-refractivity contribution in [2.45, 2.75) is 37.6 Å². The molecule has 158 valence electrons. The summed E-state index contributed by atoms with van der Waals surface area (Å²) in [5, 5.41) is 9.22. The Morgan fingerprint density at radius 3 is 2.37 bits per heavy atom. The summed E-state index contributed by atoms with van der Waals surface area (Å²) >= 11 is 0. The minimum Gasteiger partial charge on any atom is -0.481 e. The van der Waals surface area contributed by atoms with Crippen LogP contribution in [0.15, 0.2) is 36.4 Å². The van der Waals surface area contributed by atoms with Crippen LogP contribution in [0.4, 0.5) is 14.5 Å². The molecule has 1 atom stereocenters. The largest absolute Gasteiger partial charge is 0.481 e. The molecule has 1 aliphatic carbocycles. The van der Waals surface area contributed by atoms with Crippen molar-refractivity contribution in [1.29, 1.82) is 0 Å². The molecule has 0 aromatic heterocycles. The minimum atomic E-state index is -0.670. The predicted molar refractivity (Wildman–Crippen MR) is 111 cm³/mol. The predicted octanol–water partition coefficient (Wildman–Crippen LogP) is 4.35. The average molecular weight is 412 g/mol. The second-order valence-electron chi connectivity index (χ2n) is 8.83. The lowest BCUT2D eigenvalue weighted by atomic mass is 9.88. The molecule has 5 rings (SSSR count). The van der Waals surface area contributed by atoms with Gasteiger partial charge < -0.3 is 10.0 Å². The number of aliphatic carboxylic acids is 1. The molecule has 30 heavy (non-hydrogen) atoms. The van der Waals surface area contributed by atoms with Crippen molar-refractivity contribution in [2.75, 3.05) is 31.1 Å². The number of benzene rings is 2. The lowest BCUT2D eigenvalue weighted by molar-refractivity contribution is -0.143. The Kier molecular flexibility index (Phi) is 4.97. The fourth-order valence-corrected chi connectivity index (χ4v) is 5.37. The van der Waals surface area contributed by atoms with E-state index in [0.29, 0.717) is 25.0 Å². The van der Waals surface area contributed by atoms with Crippen LogP contribution in [0, 0.1) is 17.6 Å².